The van der Waals surface area contributed by atoms with Gasteiger partial charge in [-0.25, -0.2) is 9.48 Å². The summed E-state index contributed by atoms with van der Waals surface area (Å²) in [4.78, 5) is 16.7. The number of aromatic nitrogens is 5. The number of urea groups is 1. The lowest BCUT2D eigenvalue weighted by atomic mass is 10.1. The molecule has 0 aliphatic rings. The van der Waals surface area contributed by atoms with Gasteiger partial charge in [0.1, 0.15) is 5.82 Å². The van der Waals surface area contributed by atoms with Crippen molar-refractivity contribution in [1.82, 2.24) is 25.0 Å². The van der Waals surface area contributed by atoms with Crippen molar-refractivity contribution in [3.8, 4) is 16.9 Å². The fraction of sp³-hybridized carbons (Fsp3) is 0.0526. The van der Waals surface area contributed by atoms with Crippen molar-refractivity contribution in [2.75, 3.05) is 10.6 Å². The first kappa shape index (κ1) is 16.5. The van der Waals surface area contributed by atoms with E-state index in [9.17, 15) is 4.79 Å². The topological polar surface area (TPSA) is 101 Å². The molecule has 3 N–H and O–H groups in total. The lowest BCUT2D eigenvalue weighted by molar-refractivity contribution is 0.262. The number of anilines is 2. The first-order valence-corrected chi connectivity index (χ1v) is 8.36. The van der Waals surface area contributed by atoms with Crippen LogP contribution in [0.3, 0.4) is 0 Å². The lowest BCUT2D eigenvalue weighted by Gasteiger charge is -2.06. The Labute approximate surface area is 155 Å². The standard InChI is InChI=1S/C19H17N7O/c1-13-21-18(25-26(13)15-10-6-3-7-11-15)23-19(27)22-16-12-20-24-17(16)14-8-4-2-5-9-14/h2-12H,1H3,(H,20,24)(H2,22,23,25,27). The van der Waals surface area contributed by atoms with Gasteiger partial charge >= 0.3 is 6.03 Å². The summed E-state index contributed by atoms with van der Waals surface area (Å²) in [5.74, 6) is 0.892. The molecule has 27 heavy (non-hydrogen) atoms. The Hall–Kier alpha value is -3.94. The number of para-hydroxylation sites is 1. The second kappa shape index (κ2) is 7.12. The molecule has 0 fully saturated rings. The molecule has 2 heterocycles. The van der Waals surface area contributed by atoms with Crippen LogP contribution in [0.5, 0.6) is 0 Å². The van der Waals surface area contributed by atoms with E-state index in [1.165, 1.54) is 0 Å². The van der Waals surface area contributed by atoms with E-state index in [1.54, 1.807) is 10.9 Å². The van der Waals surface area contributed by atoms with E-state index >= 15 is 0 Å². The quantitative estimate of drug-likeness (QED) is 0.518. The highest BCUT2D eigenvalue weighted by Crippen LogP contribution is 2.24. The van der Waals surface area contributed by atoms with Gasteiger partial charge in [0, 0.05) is 5.56 Å². The number of hydrogen-bond acceptors (Lipinski definition) is 4. The number of benzene rings is 2. The van der Waals surface area contributed by atoms with Gasteiger partial charge in [0.25, 0.3) is 5.95 Å². The lowest BCUT2D eigenvalue weighted by Crippen LogP contribution is -2.20. The number of carbonyl (C=O) groups excluding carboxylic acids is 1. The van der Waals surface area contributed by atoms with Gasteiger partial charge in [-0.05, 0) is 19.1 Å². The Bertz CT molecular complexity index is 1050. The molecule has 0 atom stereocenters. The highest BCUT2D eigenvalue weighted by molar-refractivity contribution is 6.00. The summed E-state index contributed by atoms with van der Waals surface area (Å²) in [6.45, 7) is 1.83. The maximum absolute atomic E-state index is 12.4. The smallest absolute Gasteiger partial charge is 0.304 e. The molecule has 0 spiro atoms. The number of amides is 2. The molecule has 4 rings (SSSR count). The van der Waals surface area contributed by atoms with E-state index < -0.39 is 6.03 Å². The monoisotopic (exact) mass is 359 g/mol. The molecule has 0 bridgehead atoms. The summed E-state index contributed by atoms with van der Waals surface area (Å²) in [5.41, 5.74) is 3.09. The predicted octanol–water partition coefficient (Wildman–Crippen LogP) is 3.61. The van der Waals surface area contributed by atoms with E-state index in [0.29, 0.717) is 11.5 Å². The van der Waals surface area contributed by atoms with Crippen LogP contribution in [0.1, 0.15) is 5.82 Å². The van der Waals surface area contributed by atoms with Crippen molar-refractivity contribution in [2.24, 2.45) is 0 Å². The summed E-state index contributed by atoms with van der Waals surface area (Å²) in [7, 11) is 0. The largest absolute Gasteiger partial charge is 0.326 e. The van der Waals surface area contributed by atoms with Crippen molar-refractivity contribution in [2.45, 2.75) is 6.92 Å². The van der Waals surface area contributed by atoms with E-state index in [1.807, 2.05) is 67.6 Å². The molecule has 0 aliphatic heterocycles. The van der Waals surface area contributed by atoms with E-state index in [2.05, 4.69) is 30.9 Å². The fourth-order valence-corrected chi connectivity index (χ4v) is 2.72. The third kappa shape index (κ3) is 3.54. The summed E-state index contributed by atoms with van der Waals surface area (Å²) in [6, 6.07) is 18.8. The zero-order valence-corrected chi connectivity index (χ0v) is 14.5. The minimum atomic E-state index is -0.446. The van der Waals surface area contributed by atoms with Crippen LogP contribution in [0.25, 0.3) is 16.9 Å². The first-order valence-electron chi connectivity index (χ1n) is 8.36. The van der Waals surface area contributed by atoms with Crippen molar-refractivity contribution >= 4 is 17.7 Å². The van der Waals surface area contributed by atoms with Crippen LogP contribution in [-0.2, 0) is 0 Å². The molecule has 0 saturated carbocycles. The molecule has 134 valence electrons. The molecule has 2 aromatic carbocycles. The van der Waals surface area contributed by atoms with Crippen LogP contribution in [-0.4, -0.2) is 31.0 Å². The minimum absolute atomic E-state index is 0.221. The Morgan fingerprint density at radius 3 is 2.44 bits per heavy atom. The number of nitrogens with one attached hydrogen (secondary N) is 3. The van der Waals surface area contributed by atoms with Gasteiger partial charge in [-0.1, -0.05) is 48.5 Å². The number of hydrogen-bond donors (Lipinski definition) is 3. The zero-order valence-electron chi connectivity index (χ0n) is 14.5. The molecule has 0 radical (unpaired) electrons. The summed E-state index contributed by atoms with van der Waals surface area (Å²) in [6.07, 6.45) is 1.56. The normalized spacial score (nSPS) is 10.6. The average molecular weight is 359 g/mol. The molecule has 8 nitrogen and oxygen atoms in total. The van der Waals surface area contributed by atoms with Gasteiger partial charge < -0.3 is 5.32 Å². The molecule has 2 amide bonds. The Balaban J connectivity index is 1.49. The van der Waals surface area contributed by atoms with E-state index in [4.69, 9.17) is 0 Å². The Morgan fingerprint density at radius 1 is 1.00 bits per heavy atom. The highest BCUT2D eigenvalue weighted by atomic mass is 16.2. The summed E-state index contributed by atoms with van der Waals surface area (Å²) in [5, 5.41) is 16.7. The van der Waals surface area contributed by atoms with Crippen LogP contribution in [0, 0.1) is 6.92 Å². The van der Waals surface area contributed by atoms with Gasteiger partial charge in [-0.15, -0.1) is 5.10 Å². The van der Waals surface area contributed by atoms with Gasteiger partial charge in [-0.3, -0.25) is 10.4 Å². The van der Waals surface area contributed by atoms with Crippen molar-refractivity contribution in [1.29, 1.82) is 0 Å². The van der Waals surface area contributed by atoms with E-state index in [0.717, 1.165) is 16.9 Å². The number of H-pyrrole nitrogens is 1. The zero-order chi connectivity index (χ0) is 18.6. The van der Waals surface area contributed by atoms with Crippen LogP contribution >= 0.6 is 0 Å². The Morgan fingerprint density at radius 2 is 1.70 bits per heavy atom. The number of nitrogens with zero attached hydrogens (tertiary/aromatic N) is 4. The van der Waals surface area contributed by atoms with Crippen molar-refractivity contribution < 1.29 is 4.79 Å². The third-order valence-electron chi connectivity index (χ3n) is 3.95. The van der Waals surface area contributed by atoms with Crippen LogP contribution < -0.4 is 10.6 Å². The van der Waals surface area contributed by atoms with Gasteiger partial charge in [-0.2, -0.15) is 10.1 Å². The second-order valence-corrected chi connectivity index (χ2v) is 5.83. The fourth-order valence-electron chi connectivity index (χ4n) is 2.72. The van der Waals surface area contributed by atoms with Gasteiger partial charge in [0.05, 0.1) is 23.3 Å². The number of aromatic amines is 1. The number of aryl methyl sites for hydroxylation is 1. The summed E-state index contributed by atoms with van der Waals surface area (Å²) >= 11 is 0. The molecule has 0 saturated heterocycles. The number of carbonyl (C=O) groups is 1. The maximum Gasteiger partial charge on any atom is 0.326 e. The predicted molar refractivity (Wildman–Crippen MR) is 103 cm³/mol. The summed E-state index contributed by atoms with van der Waals surface area (Å²) < 4.78 is 1.67. The molecule has 4 aromatic rings. The first-order chi connectivity index (χ1) is 13.2. The second-order valence-electron chi connectivity index (χ2n) is 5.83. The maximum atomic E-state index is 12.4. The minimum Gasteiger partial charge on any atom is -0.304 e. The third-order valence-corrected chi connectivity index (χ3v) is 3.95. The molecular weight excluding hydrogens is 342 g/mol. The van der Waals surface area contributed by atoms with Crippen molar-refractivity contribution in [3.05, 3.63) is 72.7 Å². The molecule has 8 heteroatoms. The van der Waals surface area contributed by atoms with Crippen molar-refractivity contribution in [3.63, 3.8) is 0 Å². The van der Waals surface area contributed by atoms with E-state index in [-0.39, 0.29) is 5.95 Å². The number of rotatable bonds is 4. The van der Waals surface area contributed by atoms with Gasteiger partial charge in [0.2, 0.25) is 0 Å². The molecular formula is C19H17N7O. The van der Waals surface area contributed by atoms with Crippen LogP contribution in [0.15, 0.2) is 66.9 Å². The Kier molecular flexibility index (Phi) is 4.36. The van der Waals surface area contributed by atoms with Crippen LogP contribution in [0.4, 0.5) is 16.4 Å². The average Bonchev–Trinajstić information content (AvgIpc) is 3.29. The molecule has 0 aliphatic carbocycles. The van der Waals surface area contributed by atoms with Crippen LogP contribution in [0.2, 0.25) is 0 Å². The molecule has 0 unspecified atom stereocenters. The SMILES string of the molecule is Cc1nc(NC(=O)Nc2cn[nH]c2-c2ccccc2)nn1-c1ccccc1. The highest BCUT2D eigenvalue weighted by Gasteiger charge is 2.14. The molecule has 2 aromatic heterocycles. The van der Waals surface area contributed by atoms with Gasteiger partial charge in [0.15, 0.2) is 0 Å².